The van der Waals surface area contributed by atoms with Crippen LogP contribution in [0, 0.1) is 6.92 Å². The first kappa shape index (κ1) is 12.7. The lowest BCUT2D eigenvalue weighted by Crippen LogP contribution is -2.30. The van der Waals surface area contributed by atoms with E-state index < -0.39 is 13.1 Å². The standard InChI is InChI=1S/C11H15BO4/c1-7(2)16-11(13)10-5-4-9(12(14)15)6-8(10)3/h4-7,14-15H,1-3H3. The van der Waals surface area contributed by atoms with Crippen molar-refractivity contribution < 1.29 is 19.6 Å². The molecule has 0 aliphatic rings. The third-order valence-electron chi connectivity index (χ3n) is 2.11. The van der Waals surface area contributed by atoms with Crippen LogP contribution in [0.1, 0.15) is 29.8 Å². The van der Waals surface area contributed by atoms with Crippen LogP contribution in [0.2, 0.25) is 0 Å². The van der Waals surface area contributed by atoms with E-state index in [0.717, 1.165) is 0 Å². The fourth-order valence-corrected chi connectivity index (χ4v) is 1.35. The second kappa shape index (κ2) is 5.14. The average Bonchev–Trinajstić information content (AvgIpc) is 2.15. The Morgan fingerprint density at radius 2 is 2.00 bits per heavy atom. The summed E-state index contributed by atoms with van der Waals surface area (Å²) in [5, 5.41) is 17.9. The van der Waals surface area contributed by atoms with Gasteiger partial charge in [0.15, 0.2) is 0 Å². The zero-order valence-electron chi connectivity index (χ0n) is 9.60. The van der Waals surface area contributed by atoms with Gasteiger partial charge >= 0.3 is 13.1 Å². The molecule has 5 heteroatoms. The maximum Gasteiger partial charge on any atom is 0.488 e. The summed E-state index contributed by atoms with van der Waals surface area (Å²) in [7, 11) is -1.52. The molecule has 2 N–H and O–H groups in total. The molecule has 0 radical (unpaired) electrons. The number of carbonyl (C=O) groups excluding carboxylic acids is 1. The van der Waals surface area contributed by atoms with Crippen molar-refractivity contribution in [3.8, 4) is 0 Å². The lowest BCUT2D eigenvalue weighted by atomic mass is 9.79. The molecule has 0 aliphatic carbocycles. The Hall–Kier alpha value is -1.33. The number of benzene rings is 1. The molecular formula is C11H15BO4. The minimum absolute atomic E-state index is 0.171. The molecule has 86 valence electrons. The Morgan fingerprint density at radius 3 is 2.44 bits per heavy atom. The fourth-order valence-electron chi connectivity index (χ4n) is 1.35. The van der Waals surface area contributed by atoms with Gasteiger partial charge in [-0.1, -0.05) is 12.1 Å². The van der Waals surface area contributed by atoms with Crippen LogP contribution in [0.3, 0.4) is 0 Å². The molecule has 0 aromatic heterocycles. The Kier molecular flexibility index (Phi) is 4.09. The highest BCUT2D eigenvalue weighted by Gasteiger charge is 2.16. The number of carbonyl (C=O) groups is 1. The Labute approximate surface area is 95.0 Å². The Bertz CT molecular complexity index is 388. The van der Waals surface area contributed by atoms with Crippen molar-refractivity contribution in [2.45, 2.75) is 26.9 Å². The van der Waals surface area contributed by atoms with Crippen LogP contribution in [0.5, 0.6) is 0 Å². The van der Waals surface area contributed by atoms with Gasteiger partial charge in [0.25, 0.3) is 0 Å². The molecule has 0 saturated heterocycles. The minimum atomic E-state index is -1.52. The van der Waals surface area contributed by atoms with Crippen LogP contribution >= 0.6 is 0 Å². The first-order chi connectivity index (χ1) is 7.41. The average molecular weight is 222 g/mol. The molecule has 0 spiro atoms. The molecular weight excluding hydrogens is 207 g/mol. The molecule has 0 fully saturated rings. The van der Waals surface area contributed by atoms with E-state index in [2.05, 4.69) is 0 Å². The van der Waals surface area contributed by atoms with Crippen LogP contribution in [0.4, 0.5) is 0 Å². The van der Waals surface area contributed by atoms with E-state index in [9.17, 15) is 4.79 Å². The van der Waals surface area contributed by atoms with E-state index in [0.29, 0.717) is 16.6 Å². The molecule has 16 heavy (non-hydrogen) atoms. The van der Waals surface area contributed by atoms with Gasteiger partial charge in [-0.2, -0.15) is 0 Å². The zero-order chi connectivity index (χ0) is 12.3. The molecule has 0 saturated carbocycles. The second-order valence-corrected chi connectivity index (χ2v) is 3.90. The summed E-state index contributed by atoms with van der Waals surface area (Å²) < 4.78 is 5.05. The van der Waals surface area contributed by atoms with Gasteiger partial charge in [-0.3, -0.25) is 0 Å². The van der Waals surface area contributed by atoms with Crippen LogP contribution in [-0.4, -0.2) is 29.2 Å². The van der Waals surface area contributed by atoms with E-state index in [1.807, 2.05) is 0 Å². The highest BCUT2D eigenvalue weighted by atomic mass is 16.5. The second-order valence-electron chi connectivity index (χ2n) is 3.90. The van der Waals surface area contributed by atoms with E-state index in [4.69, 9.17) is 14.8 Å². The molecule has 1 aromatic rings. The van der Waals surface area contributed by atoms with Gasteiger partial charge in [0.2, 0.25) is 0 Å². The predicted octanol–water partition coefficient (Wildman–Crippen LogP) is 0.240. The Morgan fingerprint density at radius 1 is 1.38 bits per heavy atom. The van der Waals surface area contributed by atoms with Crippen LogP contribution in [-0.2, 0) is 4.74 Å². The number of aryl methyl sites for hydroxylation is 1. The van der Waals surface area contributed by atoms with Gasteiger partial charge in [-0.25, -0.2) is 4.79 Å². The van der Waals surface area contributed by atoms with Gasteiger partial charge in [-0.15, -0.1) is 0 Å². The third kappa shape index (κ3) is 3.08. The minimum Gasteiger partial charge on any atom is -0.459 e. The number of hydrogen-bond donors (Lipinski definition) is 2. The molecule has 0 aliphatic heterocycles. The van der Waals surface area contributed by atoms with Crippen molar-refractivity contribution in [1.82, 2.24) is 0 Å². The van der Waals surface area contributed by atoms with Crippen molar-refractivity contribution in [3.05, 3.63) is 29.3 Å². The molecule has 0 unspecified atom stereocenters. The quantitative estimate of drug-likeness (QED) is 0.567. The third-order valence-corrected chi connectivity index (χ3v) is 2.11. The van der Waals surface area contributed by atoms with Gasteiger partial charge in [0.1, 0.15) is 0 Å². The zero-order valence-corrected chi connectivity index (χ0v) is 9.60. The first-order valence-corrected chi connectivity index (χ1v) is 5.09. The highest BCUT2D eigenvalue weighted by molar-refractivity contribution is 6.58. The first-order valence-electron chi connectivity index (χ1n) is 5.09. The maximum atomic E-state index is 11.6. The fraction of sp³-hybridized carbons (Fsp3) is 0.364. The van der Waals surface area contributed by atoms with E-state index >= 15 is 0 Å². The van der Waals surface area contributed by atoms with Crippen molar-refractivity contribution in [1.29, 1.82) is 0 Å². The molecule has 1 rings (SSSR count). The van der Waals surface area contributed by atoms with Gasteiger partial charge in [-0.05, 0) is 37.9 Å². The van der Waals surface area contributed by atoms with E-state index in [1.165, 1.54) is 12.1 Å². The molecule has 0 bridgehead atoms. The summed E-state index contributed by atoms with van der Waals surface area (Å²) in [4.78, 5) is 11.6. The summed E-state index contributed by atoms with van der Waals surface area (Å²) in [6.07, 6.45) is -0.171. The number of hydrogen-bond acceptors (Lipinski definition) is 4. The molecule has 4 nitrogen and oxygen atoms in total. The van der Waals surface area contributed by atoms with Crippen LogP contribution < -0.4 is 5.46 Å². The van der Waals surface area contributed by atoms with Crippen molar-refractivity contribution in [3.63, 3.8) is 0 Å². The predicted molar refractivity (Wildman–Crippen MR) is 61.6 cm³/mol. The normalized spacial score (nSPS) is 10.4. The number of ether oxygens (including phenoxy) is 1. The van der Waals surface area contributed by atoms with Crippen molar-refractivity contribution >= 4 is 18.6 Å². The molecule has 0 amide bonds. The summed E-state index contributed by atoms with van der Waals surface area (Å²) in [5.74, 6) is -0.397. The van der Waals surface area contributed by atoms with Crippen LogP contribution in [0.25, 0.3) is 0 Å². The summed E-state index contributed by atoms with van der Waals surface area (Å²) >= 11 is 0. The molecule has 0 atom stereocenters. The van der Waals surface area contributed by atoms with E-state index in [1.54, 1.807) is 26.8 Å². The molecule has 1 aromatic carbocycles. The topological polar surface area (TPSA) is 66.8 Å². The summed E-state index contributed by atoms with van der Waals surface area (Å²) in [6, 6.07) is 4.59. The molecule has 0 heterocycles. The lowest BCUT2D eigenvalue weighted by molar-refractivity contribution is 0.0377. The smallest absolute Gasteiger partial charge is 0.459 e. The largest absolute Gasteiger partial charge is 0.488 e. The Balaban J connectivity index is 2.95. The van der Waals surface area contributed by atoms with Gasteiger partial charge < -0.3 is 14.8 Å². The maximum absolute atomic E-state index is 11.6. The monoisotopic (exact) mass is 222 g/mol. The van der Waals surface area contributed by atoms with Crippen LogP contribution in [0.15, 0.2) is 18.2 Å². The SMILES string of the molecule is Cc1cc(B(O)O)ccc1C(=O)OC(C)C. The number of rotatable bonds is 3. The summed E-state index contributed by atoms with van der Waals surface area (Å²) in [6.45, 7) is 5.28. The highest BCUT2D eigenvalue weighted by Crippen LogP contribution is 2.09. The van der Waals surface area contributed by atoms with Gasteiger partial charge in [0.05, 0.1) is 11.7 Å². The van der Waals surface area contributed by atoms with Crippen molar-refractivity contribution in [2.24, 2.45) is 0 Å². The van der Waals surface area contributed by atoms with Crippen molar-refractivity contribution in [2.75, 3.05) is 0 Å². The van der Waals surface area contributed by atoms with Gasteiger partial charge in [0, 0.05) is 0 Å². The van der Waals surface area contributed by atoms with E-state index in [-0.39, 0.29) is 6.10 Å². The lowest BCUT2D eigenvalue weighted by Gasteiger charge is -2.10. The summed E-state index contributed by atoms with van der Waals surface area (Å²) in [5.41, 5.74) is 1.47. The number of esters is 1.